The van der Waals surface area contributed by atoms with Gasteiger partial charge in [-0.1, -0.05) is 6.07 Å². The number of nitrogens with zero attached hydrogens (tertiary/aromatic N) is 6. The molecule has 2 aliphatic rings. The maximum absolute atomic E-state index is 13.6. The van der Waals surface area contributed by atoms with Gasteiger partial charge in [0.1, 0.15) is 18.2 Å². The van der Waals surface area contributed by atoms with Crippen LogP contribution >= 0.6 is 11.6 Å². The van der Waals surface area contributed by atoms with Crippen LogP contribution in [0.15, 0.2) is 79.3 Å². The highest BCUT2D eigenvalue weighted by Crippen LogP contribution is 2.40. The molecule has 1 aliphatic heterocycles. The number of alkyl halides is 3. The molecule has 4 aromatic heterocycles. The zero-order valence-corrected chi connectivity index (χ0v) is 25.0. The Hall–Kier alpha value is -5.20. The Kier molecular flexibility index (Phi) is 6.59. The number of halogens is 3. The number of imidazole rings is 1. The number of rotatable bonds is 6. The van der Waals surface area contributed by atoms with Crippen LogP contribution in [0.3, 0.4) is 0 Å². The Morgan fingerprint density at radius 2 is 1.96 bits per heavy atom. The SMILES string of the molecule is C[C@@H]1COCc2nc3cc(C(=O)Nc4ccc(OC(F)(F)Cl)cc4)cc(-c4cnc5c(c4)-c4nn(-c6ccccn6)cc4C5)c3n21. The second-order valence-corrected chi connectivity index (χ2v) is 11.7. The summed E-state index contributed by atoms with van der Waals surface area (Å²) in [5.41, 5.74) is 3.78. The number of carbonyl (C=O) groups is 1. The summed E-state index contributed by atoms with van der Waals surface area (Å²) in [5, 5.41) is 7.67. The molecule has 1 aliphatic carbocycles. The topological polar surface area (TPSA) is 109 Å². The molecule has 0 spiro atoms. The number of aromatic nitrogens is 6. The summed E-state index contributed by atoms with van der Waals surface area (Å²) in [6, 6.07) is 16.8. The molecule has 0 radical (unpaired) electrons. The number of hydrogen-bond donors (Lipinski definition) is 1. The highest BCUT2D eigenvalue weighted by atomic mass is 35.5. The summed E-state index contributed by atoms with van der Waals surface area (Å²) in [5.74, 6) is 0.952. The van der Waals surface area contributed by atoms with Gasteiger partial charge in [-0.05, 0) is 61.5 Å². The fourth-order valence-corrected chi connectivity index (χ4v) is 6.17. The third-order valence-electron chi connectivity index (χ3n) is 8.07. The first-order chi connectivity index (χ1) is 22.2. The van der Waals surface area contributed by atoms with E-state index in [1.165, 1.54) is 24.3 Å². The van der Waals surface area contributed by atoms with Crippen LogP contribution in [0.4, 0.5) is 14.5 Å². The van der Waals surface area contributed by atoms with Gasteiger partial charge in [-0.15, -0.1) is 8.78 Å². The number of benzene rings is 2. The molecule has 0 saturated heterocycles. The number of anilines is 1. The van der Waals surface area contributed by atoms with Gasteiger partial charge in [-0.3, -0.25) is 9.78 Å². The maximum Gasteiger partial charge on any atom is 0.487 e. The van der Waals surface area contributed by atoms with Crippen LogP contribution in [0.1, 0.15) is 40.4 Å². The summed E-state index contributed by atoms with van der Waals surface area (Å²) in [6.45, 7) is 2.96. The number of carbonyl (C=O) groups excluding carboxylic acids is 1. The minimum absolute atomic E-state index is 0.0244. The van der Waals surface area contributed by atoms with Crippen molar-refractivity contribution in [2.24, 2.45) is 0 Å². The number of fused-ring (bicyclic) bond motifs is 6. The van der Waals surface area contributed by atoms with E-state index in [1.807, 2.05) is 36.7 Å². The van der Waals surface area contributed by atoms with Gasteiger partial charge in [-0.25, -0.2) is 14.6 Å². The molecule has 13 heteroatoms. The van der Waals surface area contributed by atoms with Crippen LogP contribution in [0, 0.1) is 0 Å². The monoisotopic (exact) mass is 639 g/mol. The van der Waals surface area contributed by atoms with Crippen LogP contribution in [-0.2, 0) is 17.8 Å². The smallest absolute Gasteiger partial charge is 0.420 e. The first-order valence-corrected chi connectivity index (χ1v) is 14.9. The summed E-state index contributed by atoms with van der Waals surface area (Å²) in [6.07, 6.45) is 6.19. The Labute approximate surface area is 265 Å². The minimum atomic E-state index is -3.84. The third kappa shape index (κ3) is 5.05. The lowest BCUT2D eigenvalue weighted by Gasteiger charge is -2.23. The summed E-state index contributed by atoms with van der Waals surface area (Å²) in [4.78, 5) is 27.7. The molecule has 1 N–H and O–H groups in total. The minimum Gasteiger partial charge on any atom is -0.420 e. The van der Waals surface area contributed by atoms with Crippen LogP contribution in [0.2, 0.25) is 0 Å². The van der Waals surface area contributed by atoms with Gasteiger partial charge >= 0.3 is 5.57 Å². The Bertz CT molecular complexity index is 2140. The average molecular weight is 640 g/mol. The van der Waals surface area contributed by atoms with E-state index in [-0.39, 0.29) is 11.8 Å². The van der Waals surface area contributed by atoms with Gasteiger partial charge in [0.25, 0.3) is 5.91 Å². The molecule has 0 fully saturated rings. The van der Waals surface area contributed by atoms with Crippen molar-refractivity contribution in [1.29, 1.82) is 0 Å². The predicted octanol–water partition coefficient (Wildman–Crippen LogP) is 6.76. The van der Waals surface area contributed by atoms with E-state index in [4.69, 9.17) is 31.4 Å². The van der Waals surface area contributed by atoms with E-state index in [1.54, 1.807) is 16.9 Å². The van der Waals surface area contributed by atoms with Gasteiger partial charge in [0, 0.05) is 70.1 Å². The van der Waals surface area contributed by atoms with Crippen LogP contribution in [-0.4, -0.2) is 47.4 Å². The zero-order valence-electron chi connectivity index (χ0n) is 24.2. The molecule has 1 amide bonds. The quantitative estimate of drug-likeness (QED) is 0.200. The number of ether oxygens (including phenoxy) is 2. The Morgan fingerprint density at radius 3 is 2.74 bits per heavy atom. The first kappa shape index (κ1) is 28.3. The molecule has 230 valence electrons. The molecule has 0 saturated carbocycles. The molecular weight excluding hydrogens is 616 g/mol. The van der Waals surface area contributed by atoms with Crippen molar-refractivity contribution in [3.63, 3.8) is 0 Å². The lowest BCUT2D eigenvalue weighted by atomic mass is 9.99. The summed E-state index contributed by atoms with van der Waals surface area (Å²) >= 11 is 4.86. The number of amides is 1. The lowest BCUT2D eigenvalue weighted by molar-refractivity contribution is -0.0964. The molecule has 1 atom stereocenters. The molecule has 46 heavy (non-hydrogen) atoms. The van der Waals surface area contributed by atoms with Gasteiger partial charge in [0.2, 0.25) is 0 Å². The number of nitrogens with one attached hydrogen (secondary N) is 1. The standard InChI is InChI=1S/C33H24ClF2N7O3/c1-18-16-45-17-29-40-27-12-19(32(44)39-22-5-7-23(8-6-22)46-33(34,35)36)10-24(31(27)43(18)29)20-11-25-26(38-14-20)13-21-15-42(41-30(21)25)28-4-2-3-9-37-28/h2-12,14-15,18H,13,16-17H2,1H3,(H,39,44)/t18-/m1/s1. The van der Waals surface area contributed by atoms with E-state index >= 15 is 0 Å². The fraction of sp³-hybridized carbons (Fsp3) is 0.182. The molecule has 0 bridgehead atoms. The number of pyridine rings is 2. The lowest BCUT2D eigenvalue weighted by Crippen LogP contribution is -2.21. The molecule has 6 aromatic rings. The van der Waals surface area contributed by atoms with Crippen LogP contribution < -0.4 is 10.1 Å². The highest BCUT2D eigenvalue weighted by molar-refractivity contribution is 6.20. The van der Waals surface area contributed by atoms with Crippen molar-refractivity contribution < 1.29 is 23.0 Å². The van der Waals surface area contributed by atoms with Crippen molar-refractivity contribution in [1.82, 2.24) is 29.3 Å². The van der Waals surface area contributed by atoms with Crippen molar-refractivity contribution in [3.05, 3.63) is 102 Å². The van der Waals surface area contributed by atoms with E-state index in [0.717, 1.165) is 50.8 Å². The maximum atomic E-state index is 13.6. The number of hydrogen-bond acceptors (Lipinski definition) is 7. The molecule has 2 aromatic carbocycles. The Morgan fingerprint density at radius 1 is 1.11 bits per heavy atom. The van der Waals surface area contributed by atoms with Crippen molar-refractivity contribution in [3.8, 4) is 34.0 Å². The zero-order chi connectivity index (χ0) is 31.6. The van der Waals surface area contributed by atoms with Crippen molar-refractivity contribution in [2.45, 2.75) is 31.6 Å². The normalized spacial score (nSPS) is 15.3. The molecule has 5 heterocycles. The Balaban J connectivity index is 1.20. The van der Waals surface area contributed by atoms with Crippen LogP contribution in [0.25, 0.3) is 39.2 Å². The van der Waals surface area contributed by atoms with Gasteiger partial charge in [0.15, 0.2) is 5.82 Å². The fourth-order valence-electron chi connectivity index (χ4n) is 6.08. The van der Waals surface area contributed by atoms with Gasteiger partial charge in [0.05, 0.1) is 35.1 Å². The van der Waals surface area contributed by atoms with E-state index in [2.05, 4.69) is 32.6 Å². The van der Waals surface area contributed by atoms with E-state index in [0.29, 0.717) is 36.4 Å². The van der Waals surface area contributed by atoms with Crippen molar-refractivity contribution in [2.75, 3.05) is 11.9 Å². The van der Waals surface area contributed by atoms with Gasteiger partial charge in [-0.2, -0.15) is 5.10 Å². The summed E-state index contributed by atoms with van der Waals surface area (Å²) < 4.78 is 40.1. The molecule has 0 unspecified atom stereocenters. The predicted molar refractivity (Wildman–Crippen MR) is 166 cm³/mol. The largest absolute Gasteiger partial charge is 0.487 e. The van der Waals surface area contributed by atoms with Crippen molar-refractivity contribution >= 4 is 34.2 Å². The molecule has 8 rings (SSSR count). The second kappa shape index (κ2) is 10.7. The second-order valence-electron chi connectivity index (χ2n) is 11.2. The summed E-state index contributed by atoms with van der Waals surface area (Å²) in [7, 11) is 0. The third-order valence-corrected chi connectivity index (χ3v) is 8.14. The molecular formula is C33H24ClF2N7O3. The van der Waals surface area contributed by atoms with E-state index in [9.17, 15) is 13.6 Å². The molecule has 10 nitrogen and oxygen atoms in total. The average Bonchev–Trinajstić information content (AvgIpc) is 3.72. The van der Waals surface area contributed by atoms with Crippen LogP contribution in [0.5, 0.6) is 5.75 Å². The van der Waals surface area contributed by atoms with E-state index < -0.39 is 11.5 Å². The highest BCUT2D eigenvalue weighted by Gasteiger charge is 2.29. The van der Waals surface area contributed by atoms with Gasteiger partial charge < -0.3 is 19.4 Å². The first-order valence-electron chi connectivity index (χ1n) is 14.5.